The Labute approximate surface area is 206 Å². The molecular weight excluding hydrogens is 404 g/mol. The number of hydrogen-bond donors (Lipinski definition) is 1. The van der Waals surface area contributed by atoms with E-state index in [-0.39, 0.29) is 6.10 Å². The van der Waals surface area contributed by atoms with Crippen molar-refractivity contribution in [1.29, 1.82) is 0 Å². The summed E-state index contributed by atoms with van der Waals surface area (Å²) in [7, 11) is 0. The number of hydrogen-bond acceptors (Lipinski definition) is 2. The fraction of sp³-hybridized carbons (Fsp3) is 0.935. The Morgan fingerprint density at radius 2 is 1.21 bits per heavy atom. The lowest BCUT2D eigenvalue weighted by atomic mass is 9.68. The molecule has 0 aromatic carbocycles. The molecule has 1 N–H and O–H groups in total. The SMILES string of the molecule is CCCC1CCC(C2C=CC(C3CCC(C)CC3)CC2)CC1.CCCOC1CCC(O)CC1. The van der Waals surface area contributed by atoms with Gasteiger partial charge in [-0.1, -0.05) is 71.4 Å². The fourth-order valence-corrected chi connectivity index (χ4v) is 7.17. The van der Waals surface area contributed by atoms with Crippen LogP contribution in [0.1, 0.15) is 130 Å². The van der Waals surface area contributed by atoms with E-state index in [4.69, 9.17) is 4.74 Å². The zero-order valence-electron chi connectivity index (χ0n) is 22.4. The van der Waals surface area contributed by atoms with E-state index in [0.717, 1.165) is 74.2 Å². The molecular formula is C31H56O2. The normalized spacial score (nSPS) is 39.5. The van der Waals surface area contributed by atoms with Gasteiger partial charge in [0.2, 0.25) is 0 Å². The van der Waals surface area contributed by atoms with Crippen molar-refractivity contribution < 1.29 is 9.84 Å². The largest absolute Gasteiger partial charge is 0.393 e. The van der Waals surface area contributed by atoms with Crippen LogP contribution in [0.3, 0.4) is 0 Å². The van der Waals surface area contributed by atoms with E-state index in [0.29, 0.717) is 6.10 Å². The summed E-state index contributed by atoms with van der Waals surface area (Å²) in [6.45, 7) is 7.79. The Balaban J connectivity index is 0.000000235. The molecule has 3 saturated carbocycles. The predicted molar refractivity (Wildman–Crippen MR) is 141 cm³/mol. The molecule has 4 aliphatic carbocycles. The molecule has 0 aromatic rings. The Morgan fingerprint density at radius 1 is 0.667 bits per heavy atom. The Kier molecular flexibility index (Phi) is 12.3. The van der Waals surface area contributed by atoms with Crippen LogP contribution in [-0.4, -0.2) is 23.9 Å². The van der Waals surface area contributed by atoms with Crippen molar-refractivity contribution in [3.63, 3.8) is 0 Å². The van der Waals surface area contributed by atoms with Crippen molar-refractivity contribution >= 4 is 0 Å². The number of aliphatic hydroxyl groups is 1. The van der Waals surface area contributed by atoms with Gasteiger partial charge in [0.25, 0.3) is 0 Å². The molecule has 0 bridgehead atoms. The fourth-order valence-electron chi connectivity index (χ4n) is 7.17. The maximum absolute atomic E-state index is 9.20. The number of allylic oxidation sites excluding steroid dienone is 2. The van der Waals surface area contributed by atoms with Gasteiger partial charge in [-0.3, -0.25) is 0 Å². The highest BCUT2D eigenvalue weighted by Gasteiger charge is 2.31. The molecule has 3 fully saturated rings. The van der Waals surface area contributed by atoms with Gasteiger partial charge in [-0.15, -0.1) is 0 Å². The van der Waals surface area contributed by atoms with Gasteiger partial charge < -0.3 is 9.84 Å². The average molecular weight is 461 g/mol. The Bertz CT molecular complexity index is 516. The van der Waals surface area contributed by atoms with Crippen molar-refractivity contribution in [1.82, 2.24) is 0 Å². The van der Waals surface area contributed by atoms with Gasteiger partial charge in [0.15, 0.2) is 0 Å². The van der Waals surface area contributed by atoms with Gasteiger partial charge >= 0.3 is 0 Å². The summed E-state index contributed by atoms with van der Waals surface area (Å²) >= 11 is 0. The van der Waals surface area contributed by atoms with Crippen molar-refractivity contribution in [2.24, 2.45) is 35.5 Å². The molecule has 0 aliphatic heterocycles. The molecule has 2 heteroatoms. The first-order valence-corrected chi connectivity index (χ1v) is 15.1. The van der Waals surface area contributed by atoms with Crippen molar-refractivity contribution in [2.45, 2.75) is 142 Å². The molecule has 0 radical (unpaired) electrons. The second-order valence-electron chi connectivity index (χ2n) is 12.2. The lowest BCUT2D eigenvalue weighted by molar-refractivity contribution is -0.00275. The third-order valence-electron chi connectivity index (χ3n) is 9.50. The summed E-state index contributed by atoms with van der Waals surface area (Å²) in [5.74, 6) is 5.97. The second-order valence-corrected chi connectivity index (χ2v) is 12.2. The van der Waals surface area contributed by atoms with Gasteiger partial charge in [-0.25, -0.2) is 0 Å². The van der Waals surface area contributed by atoms with Crippen LogP contribution in [-0.2, 0) is 4.74 Å². The van der Waals surface area contributed by atoms with Crippen LogP contribution in [0.25, 0.3) is 0 Å². The monoisotopic (exact) mass is 460 g/mol. The van der Waals surface area contributed by atoms with E-state index < -0.39 is 0 Å². The van der Waals surface area contributed by atoms with Crippen LogP contribution < -0.4 is 0 Å². The van der Waals surface area contributed by atoms with E-state index in [1.165, 1.54) is 77.0 Å². The van der Waals surface area contributed by atoms with Crippen LogP contribution in [0, 0.1) is 35.5 Å². The summed E-state index contributed by atoms with van der Waals surface area (Å²) in [6.07, 6.45) is 28.6. The predicted octanol–water partition coefficient (Wildman–Crippen LogP) is 8.72. The molecule has 0 aromatic heterocycles. The molecule has 0 spiro atoms. The topological polar surface area (TPSA) is 29.5 Å². The zero-order valence-corrected chi connectivity index (χ0v) is 22.4. The molecule has 0 saturated heterocycles. The van der Waals surface area contributed by atoms with Gasteiger partial charge in [0.05, 0.1) is 12.2 Å². The van der Waals surface area contributed by atoms with Crippen LogP contribution >= 0.6 is 0 Å². The maximum Gasteiger partial charge on any atom is 0.0577 e. The summed E-state index contributed by atoms with van der Waals surface area (Å²) in [6, 6.07) is 0. The minimum atomic E-state index is -0.0588. The summed E-state index contributed by atoms with van der Waals surface area (Å²) < 4.78 is 5.57. The highest BCUT2D eigenvalue weighted by atomic mass is 16.5. The van der Waals surface area contributed by atoms with Crippen molar-refractivity contribution in [3.05, 3.63) is 12.2 Å². The highest BCUT2D eigenvalue weighted by molar-refractivity contribution is 5.02. The standard InChI is InChI=1S/C22H38.C9H18O2/c1-3-4-18-7-11-20(12-8-18)22-15-13-21(14-16-22)19-9-5-17(2)6-10-19;1-2-7-11-9-5-3-8(10)4-6-9/h13,15,17-22H,3-12,14,16H2,1-2H3;8-10H,2-7H2,1H3. The zero-order chi connectivity index (χ0) is 23.5. The Hall–Kier alpha value is -0.340. The van der Waals surface area contributed by atoms with Crippen LogP contribution in [0.2, 0.25) is 0 Å². The molecule has 0 amide bonds. The molecule has 2 nitrogen and oxygen atoms in total. The highest BCUT2D eigenvalue weighted by Crippen LogP contribution is 2.43. The minimum Gasteiger partial charge on any atom is -0.393 e. The van der Waals surface area contributed by atoms with E-state index in [1.807, 2.05) is 0 Å². The van der Waals surface area contributed by atoms with Crippen LogP contribution in [0.5, 0.6) is 0 Å². The van der Waals surface area contributed by atoms with Crippen molar-refractivity contribution in [3.8, 4) is 0 Å². The van der Waals surface area contributed by atoms with E-state index >= 15 is 0 Å². The molecule has 33 heavy (non-hydrogen) atoms. The first-order valence-electron chi connectivity index (χ1n) is 15.1. The summed E-state index contributed by atoms with van der Waals surface area (Å²) in [5.41, 5.74) is 0. The number of rotatable bonds is 7. The van der Waals surface area contributed by atoms with E-state index in [2.05, 4.69) is 32.9 Å². The summed E-state index contributed by atoms with van der Waals surface area (Å²) in [5, 5.41) is 9.20. The lowest BCUT2D eigenvalue weighted by Crippen LogP contribution is -2.26. The van der Waals surface area contributed by atoms with E-state index in [9.17, 15) is 5.11 Å². The van der Waals surface area contributed by atoms with Crippen LogP contribution in [0.4, 0.5) is 0 Å². The van der Waals surface area contributed by atoms with Crippen LogP contribution in [0.15, 0.2) is 12.2 Å². The molecule has 4 aliphatic rings. The molecule has 4 rings (SSSR count). The third kappa shape index (κ3) is 9.32. The second kappa shape index (κ2) is 14.9. The number of ether oxygens (including phenoxy) is 1. The first-order chi connectivity index (χ1) is 16.1. The van der Waals surface area contributed by atoms with E-state index in [1.54, 1.807) is 0 Å². The molecule has 192 valence electrons. The van der Waals surface area contributed by atoms with Gasteiger partial charge in [-0.05, 0) is 106 Å². The Morgan fingerprint density at radius 3 is 1.70 bits per heavy atom. The number of aliphatic hydroxyl groups excluding tert-OH is 1. The van der Waals surface area contributed by atoms with Crippen molar-refractivity contribution in [2.75, 3.05) is 6.61 Å². The van der Waals surface area contributed by atoms with Gasteiger partial charge in [0, 0.05) is 6.61 Å². The smallest absolute Gasteiger partial charge is 0.0577 e. The van der Waals surface area contributed by atoms with Gasteiger partial charge in [0.1, 0.15) is 0 Å². The molecule has 2 atom stereocenters. The lowest BCUT2D eigenvalue weighted by Gasteiger charge is -2.38. The minimum absolute atomic E-state index is 0.0588. The summed E-state index contributed by atoms with van der Waals surface area (Å²) in [4.78, 5) is 0. The molecule has 2 unspecified atom stereocenters. The average Bonchev–Trinajstić information content (AvgIpc) is 2.85. The molecule has 0 heterocycles. The maximum atomic E-state index is 9.20. The van der Waals surface area contributed by atoms with Gasteiger partial charge in [-0.2, -0.15) is 0 Å². The first kappa shape index (κ1) is 27.3. The quantitative estimate of drug-likeness (QED) is 0.385. The third-order valence-corrected chi connectivity index (χ3v) is 9.50.